The van der Waals surface area contributed by atoms with Gasteiger partial charge in [-0.3, -0.25) is 4.79 Å². The summed E-state index contributed by atoms with van der Waals surface area (Å²) in [6, 6.07) is 13.0. The third-order valence-corrected chi connectivity index (χ3v) is 5.57. The highest BCUT2D eigenvalue weighted by molar-refractivity contribution is 7.88. The number of carbonyl (C=O) groups excluding carboxylic acids is 1. The molecule has 0 saturated carbocycles. The van der Waals surface area contributed by atoms with Crippen LogP contribution in [-0.2, 0) is 21.4 Å². The summed E-state index contributed by atoms with van der Waals surface area (Å²) < 4.78 is 30.6. The van der Waals surface area contributed by atoms with Gasteiger partial charge in [-0.1, -0.05) is 30.3 Å². The predicted molar refractivity (Wildman–Crippen MR) is 107 cm³/mol. The van der Waals surface area contributed by atoms with Crippen LogP contribution >= 0.6 is 0 Å². The topological polar surface area (TPSA) is 75.7 Å². The van der Waals surface area contributed by atoms with Crippen molar-refractivity contribution in [1.82, 2.24) is 4.31 Å². The highest BCUT2D eigenvalue weighted by Gasteiger charge is 2.19. The molecule has 0 fully saturated rings. The van der Waals surface area contributed by atoms with Crippen LogP contribution in [0.5, 0.6) is 5.75 Å². The quantitative estimate of drug-likeness (QED) is 0.751. The minimum atomic E-state index is -3.44. The molecule has 0 spiro atoms. The van der Waals surface area contributed by atoms with Gasteiger partial charge in [-0.25, -0.2) is 8.42 Å². The lowest BCUT2D eigenvalue weighted by Crippen LogP contribution is -2.32. The molecule has 0 aliphatic carbocycles. The van der Waals surface area contributed by atoms with Crippen molar-refractivity contribution in [2.24, 2.45) is 0 Å². The summed E-state index contributed by atoms with van der Waals surface area (Å²) in [4.78, 5) is 12.3. The lowest BCUT2D eigenvalue weighted by Gasteiger charge is -2.20. The minimum Gasteiger partial charge on any atom is -0.497 e. The molecular weight excluding hydrogens is 364 g/mol. The van der Waals surface area contributed by atoms with Crippen LogP contribution in [0.1, 0.15) is 23.1 Å². The largest absolute Gasteiger partial charge is 0.497 e. The Hall–Kier alpha value is -2.38. The summed E-state index contributed by atoms with van der Waals surface area (Å²) in [6.45, 7) is 4.17. The van der Waals surface area contributed by atoms with Crippen LogP contribution in [0.4, 0.5) is 5.69 Å². The zero-order valence-electron chi connectivity index (χ0n) is 16.2. The molecule has 2 aromatic carbocycles. The SMILES string of the molecule is COc1ccc(CN(CCC(=O)Nc2c(C)cccc2C)S(C)(=O)=O)cc1. The second kappa shape index (κ2) is 9.01. The molecule has 1 N–H and O–H groups in total. The van der Waals surface area contributed by atoms with E-state index in [0.717, 1.165) is 28.6 Å². The van der Waals surface area contributed by atoms with Crippen molar-refractivity contribution in [3.05, 3.63) is 59.2 Å². The Labute approximate surface area is 161 Å². The molecule has 0 radical (unpaired) electrons. The number of para-hydroxylation sites is 1. The van der Waals surface area contributed by atoms with Crippen molar-refractivity contribution in [3.63, 3.8) is 0 Å². The van der Waals surface area contributed by atoms with Gasteiger partial charge in [-0.2, -0.15) is 4.31 Å². The van der Waals surface area contributed by atoms with Crippen LogP contribution < -0.4 is 10.1 Å². The maximum atomic E-state index is 12.3. The zero-order chi connectivity index (χ0) is 20.0. The average Bonchev–Trinajstić information content (AvgIpc) is 2.61. The maximum absolute atomic E-state index is 12.3. The van der Waals surface area contributed by atoms with Gasteiger partial charge in [0.25, 0.3) is 0 Å². The third-order valence-electron chi connectivity index (χ3n) is 4.32. The van der Waals surface area contributed by atoms with E-state index in [1.807, 2.05) is 44.2 Å². The van der Waals surface area contributed by atoms with Gasteiger partial charge in [0, 0.05) is 25.2 Å². The Morgan fingerprint density at radius 1 is 1.07 bits per heavy atom. The van der Waals surface area contributed by atoms with Gasteiger partial charge in [-0.05, 0) is 42.7 Å². The van der Waals surface area contributed by atoms with E-state index in [1.165, 1.54) is 4.31 Å². The molecule has 146 valence electrons. The Kier molecular flexibility index (Phi) is 6.98. The number of sulfonamides is 1. The number of carbonyl (C=O) groups is 1. The second-order valence-corrected chi connectivity index (χ2v) is 8.49. The first-order valence-electron chi connectivity index (χ1n) is 8.65. The molecule has 2 rings (SSSR count). The Balaban J connectivity index is 2.02. The normalized spacial score (nSPS) is 11.4. The number of benzene rings is 2. The van der Waals surface area contributed by atoms with Gasteiger partial charge in [0.2, 0.25) is 15.9 Å². The number of amides is 1. The van der Waals surface area contributed by atoms with Crippen molar-refractivity contribution < 1.29 is 17.9 Å². The molecule has 27 heavy (non-hydrogen) atoms. The van der Waals surface area contributed by atoms with Gasteiger partial charge in [0.1, 0.15) is 5.75 Å². The van der Waals surface area contributed by atoms with E-state index in [1.54, 1.807) is 19.2 Å². The van der Waals surface area contributed by atoms with E-state index >= 15 is 0 Å². The summed E-state index contributed by atoms with van der Waals surface area (Å²) in [7, 11) is -1.87. The lowest BCUT2D eigenvalue weighted by molar-refractivity contribution is -0.116. The number of aryl methyl sites for hydroxylation is 2. The van der Waals surface area contributed by atoms with E-state index in [4.69, 9.17) is 4.74 Å². The molecule has 6 nitrogen and oxygen atoms in total. The minimum absolute atomic E-state index is 0.0804. The summed E-state index contributed by atoms with van der Waals surface area (Å²) in [5.41, 5.74) is 3.56. The molecular formula is C20H26N2O4S. The van der Waals surface area contributed by atoms with Crippen LogP contribution in [0.25, 0.3) is 0 Å². The standard InChI is InChI=1S/C20H26N2O4S/c1-15-6-5-7-16(2)20(15)21-19(23)12-13-22(27(4,24)25)14-17-8-10-18(26-3)11-9-17/h5-11H,12-14H2,1-4H3,(H,21,23). The molecule has 0 aliphatic rings. The fourth-order valence-corrected chi connectivity index (χ4v) is 3.54. The average molecular weight is 391 g/mol. The number of hydrogen-bond donors (Lipinski definition) is 1. The van der Waals surface area contributed by atoms with Crippen LogP contribution in [0.3, 0.4) is 0 Å². The second-order valence-electron chi connectivity index (χ2n) is 6.51. The first kappa shape index (κ1) is 20.9. The Bertz CT molecular complexity index is 872. The van der Waals surface area contributed by atoms with Gasteiger partial charge in [-0.15, -0.1) is 0 Å². The van der Waals surface area contributed by atoms with Gasteiger partial charge >= 0.3 is 0 Å². The smallest absolute Gasteiger partial charge is 0.225 e. The number of hydrogen-bond acceptors (Lipinski definition) is 4. The predicted octanol–water partition coefficient (Wildman–Crippen LogP) is 3.10. The summed E-state index contributed by atoms with van der Waals surface area (Å²) in [5.74, 6) is 0.494. The van der Waals surface area contributed by atoms with Gasteiger partial charge in [0.05, 0.1) is 13.4 Å². The van der Waals surface area contributed by atoms with Gasteiger partial charge in [0.15, 0.2) is 0 Å². The zero-order valence-corrected chi connectivity index (χ0v) is 17.0. The van der Waals surface area contributed by atoms with E-state index in [9.17, 15) is 13.2 Å². The van der Waals surface area contributed by atoms with E-state index < -0.39 is 10.0 Å². The monoisotopic (exact) mass is 390 g/mol. The number of rotatable bonds is 8. The molecule has 0 atom stereocenters. The van der Waals surface area contributed by atoms with Crippen LogP contribution in [-0.4, -0.2) is 38.5 Å². The summed E-state index contributed by atoms with van der Waals surface area (Å²) in [6.07, 6.45) is 1.23. The molecule has 0 aliphatic heterocycles. The molecule has 2 aromatic rings. The maximum Gasteiger partial charge on any atom is 0.225 e. The van der Waals surface area contributed by atoms with Crippen molar-refractivity contribution >= 4 is 21.6 Å². The molecule has 7 heteroatoms. The van der Waals surface area contributed by atoms with E-state index in [2.05, 4.69) is 5.32 Å². The molecule has 0 bridgehead atoms. The molecule has 0 heterocycles. The molecule has 0 unspecified atom stereocenters. The fraction of sp³-hybridized carbons (Fsp3) is 0.350. The number of ether oxygens (including phenoxy) is 1. The lowest BCUT2D eigenvalue weighted by atomic mass is 10.1. The first-order valence-corrected chi connectivity index (χ1v) is 10.5. The number of nitrogens with one attached hydrogen (secondary N) is 1. The van der Waals surface area contributed by atoms with Crippen LogP contribution in [0.2, 0.25) is 0 Å². The van der Waals surface area contributed by atoms with Crippen molar-refractivity contribution in [2.75, 3.05) is 25.2 Å². The number of nitrogens with zero attached hydrogens (tertiary/aromatic N) is 1. The van der Waals surface area contributed by atoms with Crippen molar-refractivity contribution in [2.45, 2.75) is 26.8 Å². The fourth-order valence-electron chi connectivity index (χ4n) is 2.74. The Morgan fingerprint density at radius 2 is 1.67 bits per heavy atom. The molecule has 1 amide bonds. The van der Waals surface area contributed by atoms with Gasteiger partial charge < -0.3 is 10.1 Å². The first-order chi connectivity index (χ1) is 12.7. The number of methoxy groups -OCH3 is 1. The van der Waals surface area contributed by atoms with E-state index in [-0.39, 0.29) is 25.4 Å². The van der Waals surface area contributed by atoms with Crippen LogP contribution in [0.15, 0.2) is 42.5 Å². The highest BCUT2D eigenvalue weighted by atomic mass is 32.2. The summed E-state index contributed by atoms with van der Waals surface area (Å²) in [5, 5.41) is 2.89. The third kappa shape index (κ3) is 6.08. The van der Waals surface area contributed by atoms with Crippen LogP contribution in [0, 0.1) is 13.8 Å². The molecule has 0 aromatic heterocycles. The number of anilines is 1. The Morgan fingerprint density at radius 3 is 2.19 bits per heavy atom. The highest BCUT2D eigenvalue weighted by Crippen LogP contribution is 2.20. The molecule has 0 saturated heterocycles. The van der Waals surface area contributed by atoms with E-state index in [0.29, 0.717) is 5.75 Å². The van der Waals surface area contributed by atoms with Crippen molar-refractivity contribution in [3.8, 4) is 5.75 Å². The van der Waals surface area contributed by atoms with Crippen molar-refractivity contribution in [1.29, 1.82) is 0 Å². The summed E-state index contributed by atoms with van der Waals surface area (Å²) >= 11 is 0.